The van der Waals surface area contributed by atoms with E-state index in [1.807, 2.05) is 36.4 Å². The monoisotopic (exact) mass is 331 g/mol. The minimum atomic E-state index is -0.331. The van der Waals surface area contributed by atoms with E-state index in [-0.39, 0.29) is 18.0 Å². The molecule has 2 aromatic carbocycles. The van der Waals surface area contributed by atoms with E-state index in [1.165, 1.54) is 0 Å². The fourth-order valence-corrected chi connectivity index (χ4v) is 2.77. The Labute approximate surface area is 140 Å². The Bertz CT molecular complexity index is 708. The van der Waals surface area contributed by atoms with Crippen LogP contribution >= 0.6 is 11.6 Å². The lowest BCUT2D eigenvalue weighted by Crippen LogP contribution is -2.39. The summed E-state index contributed by atoms with van der Waals surface area (Å²) >= 11 is 6.07. The molecule has 2 unspecified atom stereocenters. The molecule has 120 valence electrons. The maximum atomic E-state index is 12.4. The van der Waals surface area contributed by atoms with Crippen LogP contribution in [0.3, 0.4) is 0 Å². The van der Waals surface area contributed by atoms with Gasteiger partial charge in [0.25, 0.3) is 0 Å². The molecule has 23 heavy (non-hydrogen) atoms. The fourth-order valence-electron chi connectivity index (χ4n) is 2.59. The highest BCUT2D eigenvalue weighted by molar-refractivity contribution is 6.33. The van der Waals surface area contributed by atoms with E-state index in [4.69, 9.17) is 16.3 Å². The van der Waals surface area contributed by atoms with Crippen molar-refractivity contribution in [3.8, 4) is 5.75 Å². The van der Waals surface area contributed by atoms with Gasteiger partial charge < -0.3 is 10.1 Å². The standard InChI is InChI=1S/C17H18ClN3O2/c1-23-12-6-4-5-11(9-12)15-10-16(21-20-15)17(22)19-14-8-3-2-7-13(14)18/h2-9,15-16,20-21H,10H2,1H3,(H,19,22). The molecule has 0 radical (unpaired) electrons. The van der Waals surface area contributed by atoms with Crippen LogP contribution in [0, 0.1) is 0 Å². The first-order chi connectivity index (χ1) is 11.2. The number of amides is 1. The third kappa shape index (κ3) is 3.64. The van der Waals surface area contributed by atoms with Crippen LogP contribution in [-0.2, 0) is 4.79 Å². The molecule has 1 fully saturated rings. The fraction of sp³-hybridized carbons (Fsp3) is 0.235. The summed E-state index contributed by atoms with van der Waals surface area (Å²) in [5.74, 6) is 0.685. The summed E-state index contributed by atoms with van der Waals surface area (Å²) in [7, 11) is 1.64. The number of halogens is 1. The van der Waals surface area contributed by atoms with Crippen molar-refractivity contribution >= 4 is 23.2 Å². The van der Waals surface area contributed by atoms with Gasteiger partial charge in [0, 0.05) is 6.04 Å². The van der Waals surface area contributed by atoms with Crippen LogP contribution in [-0.4, -0.2) is 19.1 Å². The molecule has 3 N–H and O–H groups in total. The van der Waals surface area contributed by atoms with Gasteiger partial charge in [0.15, 0.2) is 0 Å². The molecule has 1 amide bonds. The molecule has 1 aliphatic rings. The number of carbonyl (C=O) groups excluding carboxylic acids is 1. The minimum Gasteiger partial charge on any atom is -0.497 e. The van der Waals surface area contributed by atoms with Crippen molar-refractivity contribution < 1.29 is 9.53 Å². The Morgan fingerprint density at radius 3 is 2.83 bits per heavy atom. The summed E-state index contributed by atoms with van der Waals surface area (Å²) < 4.78 is 5.24. The van der Waals surface area contributed by atoms with Gasteiger partial charge in [-0.2, -0.15) is 0 Å². The highest BCUT2D eigenvalue weighted by Crippen LogP contribution is 2.26. The topological polar surface area (TPSA) is 62.4 Å². The molecule has 0 bridgehead atoms. The van der Waals surface area contributed by atoms with E-state index in [9.17, 15) is 4.79 Å². The molecule has 3 rings (SSSR count). The number of methoxy groups -OCH3 is 1. The van der Waals surface area contributed by atoms with Gasteiger partial charge in [-0.25, -0.2) is 10.9 Å². The molecule has 5 nitrogen and oxygen atoms in total. The number of anilines is 1. The summed E-state index contributed by atoms with van der Waals surface area (Å²) in [4.78, 5) is 12.4. The summed E-state index contributed by atoms with van der Waals surface area (Å²) in [6.45, 7) is 0. The first-order valence-corrected chi connectivity index (χ1v) is 7.75. The molecule has 1 heterocycles. The Balaban J connectivity index is 1.65. The van der Waals surface area contributed by atoms with Crippen LogP contribution in [0.2, 0.25) is 5.02 Å². The zero-order valence-electron chi connectivity index (χ0n) is 12.7. The van der Waals surface area contributed by atoms with Crippen molar-refractivity contribution in [1.82, 2.24) is 10.9 Å². The highest BCUT2D eigenvalue weighted by Gasteiger charge is 2.30. The first-order valence-electron chi connectivity index (χ1n) is 7.38. The van der Waals surface area contributed by atoms with Crippen LogP contribution in [0.15, 0.2) is 48.5 Å². The second kappa shape index (κ2) is 7.00. The largest absolute Gasteiger partial charge is 0.497 e. The normalized spacial score (nSPS) is 20.3. The van der Waals surface area contributed by atoms with E-state index in [0.29, 0.717) is 17.1 Å². The first kappa shape index (κ1) is 15.8. The summed E-state index contributed by atoms with van der Waals surface area (Å²) in [5.41, 5.74) is 7.88. The zero-order chi connectivity index (χ0) is 16.2. The number of hydrogen-bond acceptors (Lipinski definition) is 4. The number of hydrazine groups is 1. The zero-order valence-corrected chi connectivity index (χ0v) is 13.4. The summed E-state index contributed by atoms with van der Waals surface area (Å²) in [6.07, 6.45) is 0.642. The second-order valence-corrected chi connectivity index (χ2v) is 5.78. The van der Waals surface area contributed by atoms with Crippen molar-refractivity contribution in [1.29, 1.82) is 0 Å². The Morgan fingerprint density at radius 2 is 2.04 bits per heavy atom. The number of para-hydroxylation sites is 1. The van der Waals surface area contributed by atoms with Gasteiger partial charge >= 0.3 is 0 Å². The Kier molecular flexibility index (Phi) is 4.81. The minimum absolute atomic E-state index is 0.0482. The van der Waals surface area contributed by atoms with Crippen LogP contribution in [0.1, 0.15) is 18.0 Å². The Morgan fingerprint density at radius 1 is 1.22 bits per heavy atom. The molecular formula is C17H18ClN3O2. The van der Waals surface area contributed by atoms with E-state index in [2.05, 4.69) is 16.2 Å². The van der Waals surface area contributed by atoms with E-state index >= 15 is 0 Å². The van der Waals surface area contributed by atoms with Gasteiger partial charge in [0.1, 0.15) is 11.8 Å². The van der Waals surface area contributed by atoms with Crippen molar-refractivity contribution in [3.63, 3.8) is 0 Å². The molecule has 0 saturated carbocycles. The van der Waals surface area contributed by atoms with Crippen molar-refractivity contribution in [2.75, 3.05) is 12.4 Å². The molecule has 2 atom stereocenters. The van der Waals surface area contributed by atoms with Crippen LogP contribution in [0.4, 0.5) is 5.69 Å². The molecule has 0 aliphatic carbocycles. The third-order valence-corrected chi connectivity index (χ3v) is 4.18. The molecule has 2 aromatic rings. The quantitative estimate of drug-likeness (QED) is 0.806. The smallest absolute Gasteiger partial charge is 0.242 e. The molecule has 1 aliphatic heterocycles. The van der Waals surface area contributed by atoms with Gasteiger partial charge in [-0.3, -0.25) is 4.79 Å². The molecule has 6 heteroatoms. The number of carbonyl (C=O) groups is 1. The number of ether oxygens (including phenoxy) is 1. The number of nitrogens with one attached hydrogen (secondary N) is 3. The van der Waals surface area contributed by atoms with Crippen molar-refractivity contribution in [3.05, 3.63) is 59.1 Å². The molecular weight excluding hydrogens is 314 g/mol. The van der Waals surface area contributed by atoms with E-state index < -0.39 is 0 Å². The molecule has 1 saturated heterocycles. The number of benzene rings is 2. The predicted molar refractivity (Wildman–Crippen MR) is 90.5 cm³/mol. The van der Waals surface area contributed by atoms with Crippen LogP contribution in [0.5, 0.6) is 5.75 Å². The van der Waals surface area contributed by atoms with Crippen molar-refractivity contribution in [2.45, 2.75) is 18.5 Å². The van der Waals surface area contributed by atoms with Gasteiger partial charge in [-0.05, 0) is 36.2 Å². The number of rotatable bonds is 4. The number of hydrogen-bond donors (Lipinski definition) is 3. The summed E-state index contributed by atoms with van der Waals surface area (Å²) in [6, 6.07) is 14.7. The lowest BCUT2D eigenvalue weighted by Gasteiger charge is -2.12. The van der Waals surface area contributed by atoms with E-state index in [0.717, 1.165) is 11.3 Å². The van der Waals surface area contributed by atoms with Crippen LogP contribution < -0.4 is 20.9 Å². The van der Waals surface area contributed by atoms with Crippen molar-refractivity contribution in [2.24, 2.45) is 0 Å². The average molecular weight is 332 g/mol. The lowest BCUT2D eigenvalue weighted by molar-refractivity contribution is -0.117. The van der Waals surface area contributed by atoms with Crippen LogP contribution in [0.25, 0.3) is 0 Å². The second-order valence-electron chi connectivity index (χ2n) is 5.38. The van der Waals surface area contributed by atoms with Gasteiger partial charge in [-0.1, -0.05) is 35.9 Å². The Hall–Kier alpha value is -2.08. The highest BCUT2D eigenvalue weighted by atomic mass is 35.5. The maximum absolute atomic E-state index is 12.4. The van der Waals surface area contributed by atoms with Gasteiger partial charge in [0.05, 0.1) is 17.8 Å². The predicted octanol–water partition coefficient (Wildman–Crippen LogP) is 2.89. The lowest BCUT2D eigenvalue weighted by atomic mass is 10.0. The maximum Gasteiger partial charge on any atom is 0.242 e. The third-order valence-electron chi connectivity index (χ3n) is 3.85. The van der Waals surface area contributed by atoms with Gasteiger partial charge in [-0.15, -0.1) is 0 Å². The SMILES string of the molecule is COc1cccc(C2CC(C(=O)Nc3ccccc3Cl)NN2)c1. The van der Waals surface area contributed by atoms with Gasteiger partial charge in [0.2, 0.25) is 5.91 Å². The molecule has 0 aromatic heterocycles. The average Bonchev–Trinajstić information content (AvgIpc) is 3.07. The summed E-state index contributed by atoms with van der Waals surface area (Å²) in [5, 5.41) is 3.37. The molecule has 0 spiro atoms. The van der Waals surface area contributed by atoms with E-state index in [1.54, 1.807) is 19.2 Å².